The molecule has 0 spiro atoms. The molecule has 1 aliphatic rings. The molecule has 0 aromatic carbocycles. The number of carbonyl (C=O) groups excluding carboxylic acids is 2. The zero-order valence-corrected chi connectivity index (χ0v) is 9.46. The van der Waals surface area contributed by atoms with E-state index in [-0.39, 0.29) is 11.9 Å². The Bertz CT molecular complexity index is 285. The Morgan fingerprint density at radius 1 is 1.75 bits per heavy atom. The highest BCUT2D eigenvalue weighted by atomic mass is 32.2. The number of hydrogen-bond acceptors (Lipinski definition) is 4. The van der Waals surface area contributed by atoms with Crippen molar-refractivity contribution in [2.24, 2.45) is 0 Å². The average molecular weight is 246 g/mol. The van der Waals surface area contributed by atoms with E-state index in [0.717, 1.165) is 6.42 Å². The normalized spacial score (nSPS) is 21.2. The zero-order chi connectivity index (χ0) is 12.0. The van der Waals surface area contributed by atoms with Crippen LogP contribution in [-0.4, -0.2) is 47.0 Å². The van der Waals surface area contributed by atoms with Gasteiger partial charge in [-0.05, 0) is 6.42 Å². The second-order valence-electron chi connectivity index (χ2n) is 3.52. The van der Waals surface area contributed by atoms with Gasteiger partial charge < -0.3 is 15.7 Å². The van der Waals surface area contributed by atoms with Gasteiger partial charge in [-0.25, -0.2) is 4.79 Å². The molecule has 0 saturated carbocycles. The number of carboxylic acid groups (broad SMARTS) is 1. The first-order valence-corrected chi connectivity index (χ1v) is 6.08. The van der Waals surface area contributed by atoms with Crippen LogP contribution in [0.4, 0.5) is 0 Å². The lowest BCUT2D eigenvalue weighted by Crippen LogP contribution is -2.38. The molecule has 1 rings (SSSR count). The van der Waals surface area contributed by atoms with Gasteiger partial charge in [0.25, 0.3) is 0 Å². The summed E-state index contributed by atoms with van der Waals surface area (Å²) in [5.74, 6) is -0.0160. The maximum atomic E-state index is 10.9. The molecule has 1 saturated heterocycles. The highest BCUT2D eigenvalue weighted by molar-refractivity contribution is 7.99. The fraction of sp³-hybridized carbons (Fsp3) is 0.667. The molecule has 16 heavy (non-hydrogen) atoms. The Hall–Kier alpha value is -1.24. The minimum absolute atomic E-state index is 0.0476. The van der Waals surface area contributed by atoms with Crippen molar-refractivity contribution in [3.05, 3.63) is 0 Å². The summed E-state index contributed by atoms with van der Waals surface area (Å²) in [6.07, 6.45) is 1.72. The number of carboxylic acids is 1. The maximum Gasteiger partial charge on any atom is 0.327 e. The average Bonchev–Trinajstić information content (AvgIpc) is 2.63. The Morgan fingerprint density at radius 3 is 3.00 bits per heavy atom. The number of amides is 2. The first-order valence-electron chi connectivity index (χ1n) is 4.93. The zero-order valence-electron chi connectivity index (χ0n) is 8.64. The molecule has 7 heteroatoms. The van der Waals surface area contributed by atoms with Crippen LogP contribution in [0.3, 0.4) is 0 Å². The second-order valence-corrected chi connectivity index (χ2v) is 4.59. The number of hydrogen-bond donors (Lipinski definition) is 3. The molecule has 0 aromatic rings. The molecule has 0 aliphatic carbocycles. The van der Waals surface area contributed by atoms with E-state index in [4.69, 9.17) is 5.11 Å². The van der Waals surface area contributed by atoms with Gasteiger partial charge in [0.05, 0.1) is 0 Å². The SMILES string of the molecule is O=CNC(CSCC1CCC(=O)N1)C(=O)O. The van der Waals surface area contributed by atoms with Crippen LogP contribution in [0.25, 0.3) is 0 Å². The Kier molecular flexibility index (Phi) is 5.10. The predicted molar refractivity (Wildman–Crippen MR) is 59.1 cm³/mol. The number of rotatable bonds is 7. The Morgan fingerprint density at radius 2 is 2.50 bits per heavy atom. The minimum atomic E-state index is -1.05. The van der Waals surface area contributed by atoms with Crippen molar-refractivity contribution >= 4 is 30.0 Å². The van der Waals surface area contributed by atoms with Crippen LogP contribution in [0.15, 0.2) is 0 Å². The molecule has 2 atom stereocenters. The first-order chi connectivity index (χ1) is 7.63. The van der Waals surface area contributed by atoms with Crippen LogP contribution in [0, 0.1) is 0 Å². The van der Waals surface area contributed by atoms with Crippen molar-refractivity contribution in [2.45, 2.75) is 24.9 Å². The molecule has 1 heterocycles. The van der Waals surface area contributed by atoms with E-state index in [1.54, 1.807) is 0 Å². The smallest absolute Gasteiger partial charge is 0.327 e. The number of aliphatic carboxylic acids is 1. The van der Waals surface area contributed by atoms with Gasteiger partial charge >= 0.3 is 5.97 Å². The highest BCUT2D eigenvalue weighted by Gasteiger charge is 2.22. The molecule has 90 valence electrons. The van der Waals surface area contributed by atoms with E-state index < -0.39 is 12.0 Å². The molecule has 2 unspecified atom stereocenters. The van der Waals surface area contributed by atoms with Crippen LogP contribution in [0.1, 0.15) is 12.8 Å². The lowest BCUT2D eigenvalue weighted by Gasteiger charge is -2.13. The largest absolute Gasteiger partial charge is 0.480 e. The van der Waals surface area contributed by atoms with E-state index in [1.807, 2.05) is 0 Å². The summed E-state index contributed by atoms with van der Waals surface area (Å²) in [4.78, 5) is 31.7. The van der Waals surface area contributed by atoms with Gasteiger partial charge in [-0.15, -0.1) is 0 Å². The number of thioether (sulfide) groups is 1. The third-order valence-electron chi connectivity index (χ3n) is 2.26. The predicted octanol–water partition coefficient (Wildman–Crippen LogP) is -0.803. The molecular formula is C9H14N2O4S. The maximum absolute atomic E-state index is 10.9. The van der Waals surface area contributed by atoms with E-state index in [1.165, 1.54) is 11.8 Å². The van der Waals surface area contributed by atoms with Gasteiger partial charge in [0.15, 0.2) is 0 Å². The molecule has 6 nitrogen and oxygen atoms in total. The molecular weight excluding hydrogens is 232 g/mol. The second kappa shape index (κ2) is 6.37. The Balaban J connectivity index is 2.20. The number of carbonyl (C=O) groups is 3. The van der Waals surface area contributed by atoms with E-state index in [2.05, 4.69) is 10.6 Å². The van der Waals surface area contributed by atoms with Crippen molar-refractivity contribution < 1.29 is 19.5 Å². The van der Waals surface area contributed by atoms with Crippen LogP contribution < -0.4 is 10.6 Å². The quantitative estimate of drug-likeness (QED) is 0.511. The van der Waals surface area contributed by atoms with Gasteiger partial charge in [0.1, 0.15) is 6.04 Å². The van der Waals surface area contributed by atoms with E-state index in [0.29, 0.717) is 24.3 Å². The highest BCUT2D eigenvalue weighted by Crippen LogP contribution is 2.13. The lowest BCUT2D eigenvalue weighted by molar-refractivity contribution is -0.139. The van der Waals surface area contributed by atoms with Crippen LogP contribution in [0.2, 0.25) is 0 Å². The summed E-state index contributed by atoms with van der Waals surface area (Å²) in [5.41, 5.74) is 0. The van der Waals surface area contributed by atoms with Gasteiger partial charge in [0.2, 0.25) is 12.3 Å². The van der Waals surface area contributed by atoms with Crippen molar-refractivity contribution in [3.63, 3.8) is 0 Å². The van der Waals surface area contributed by atoms with Crippen LogP contribution in [-0.2, 0) is 14.4 Å². The van der Waals surface area contributed by atoms with Gasteiger partial charge in [-0.3, -0.25) is 9.59 Å². The lowest BCUT2D eigenvalue weighted by atomic mass is 10.2. The topological polar surface area (TPSA) is 95.5 Å². The van der Waals surface area contributed by atoms with Crippen molar-refractivity contribution in [2.75, 3.05) is 11.5 Å². The fourth-order valence-corrected chi connectivity index (χ4v) is 2.55. The van der Waals surface area contributed by atoms with Crippen molar-refractivity contribution in [1.29, 1.82) is 0 Å². The van der Waals surface area contributed by atoms with Crippen molar-refractivity contribution in [3.8, 4) is 0 Å². The van der Waals surface area contributed by atoms with E-state index >= 15 is 0 Å². The standard InChI is InChI=1S/C9H14N2O4S/c12-5-10-7(9(14)15)4-16-3-6-1-2-8(13)11-6/h5-7H,1-4H2,(H,10,12)(H,11,13)(H,14,15). The summed E-state index contributed by atoms with van der Waals surface area (Å²) in [6.45, 7) is 0. The monoisotopic (exact) mass is 246 g/mol. The molecule has 1 aliphatic heterocycles. The van der Waals surface area contributed by atoms with E-state index in [9.17, 15) is 14.4 Å². The van der Waals surface area contributed by atoms with Crippen molar-refractivity contribution in [1.82, 2.24) is 10.6 Å². The summed E-state index contributed by atoms with van der Waals surface area (Å²) in [5, 5.41) is 13.8. The molecule has 3 N–H and O–H groups in total. The fourth-order valence-electron chi connectivity index (χ4n) is 1.40. The molecule has 0 bridgehead atoms. The Labute approximate surface area is 97.2 Å². The van der Waals surface area contributed by atoms with Gasteiger partial charge in [-0.2, -0.15) is 11.8 Å². The third kappa shape index (κ3) is 4.09. The summed E-state index contributed by atoms with van der Waals surface area (Å²) < 4.78 is 0. The summed E-state index contributed by atoms with van der Waals surface area (Å²) in [6, 6.07) is -0.734. The van der Waals surface area contributed by atoms with Gasteiger partial charge in [0, 0.05) is 24.0 Å². The number of nitrogens with one attached hydrogen (secondary N) is 2. The third-order valence-corrected chi connectivity index (χ3v) is 3.46. The summed E-state index contributed by atoms with van der Waals surface area (Å²) in [7, 11) is 0. The molecule has 1 fully saturated rings. The molecule has 0 aromatic heterocycles. The van der Waals surface area contributed by atoms with Gasteiger partial charge in [-0.1, -0.05) is 0 Å². The first kappa shape index (κ1) is 12.8. The van der Waals surface area contributed by atoms with Crippen LogP contribution in [0.5, 0.6) is 0 Å². The minimum Gasteiger partial charge on any atom is -0.480 e. The molecule has 2 amide bonds. The molecule has 0 radical (unpaired) electrons. The van der Waals surface area contributed by atoms with Crippen LogP contribution >= 0.6 is 11.8 Å². The summed E-state index contributed by atoms with van der Waals surface area (Å²) >= 11 is 1.41.